The number of phenols is 1. The summed E-state index contributed by atoms with van der Waals surface area (Å²) in [6.07, 6.45) is 2.99. The molecule has 2 N–H and O–H groups in total. The molecule has 2 rings (SSSR count). The third kappa shape index (κ3) is 3.22. The molecule has 0 radical (unpaired) electrons. The van der Waals surface area contributed by atoms with E-state index in [-0.39, 0.29) is 17.7 Å². The molecular weight excluding hydrogens is 256 g/mol. The molecule has 1 fully saturated rings. The lowest BCUT2D eigenvalue weighted by atomic mass is 10.1. The van der Waals surface area contributed by atoms with E-state index < -0.39 is 0 Å². The molecule has 1 aromatic carbocycles. The summed E-state index contributed by atoms with van der Waals surface area (Å²) in [6, 6.07) is 4.93. The SMILES string of the molecule is COc1ccc(O)c(C(=O)N(C)C2CCCNCC2)c1. The van der Waals surface area contributed by atoms with Crippen molar-refractivity contribution in [2.45, 2.75) is 25.3 Å². The highest BCUT2D eigenvalue weighted by Gasteiger charge is 2.24. The average Bonchev–Trinajstić information content (AvgIpc) is 2.75. The Hall–Kier alpha value is -1.75. The maximum atomic E-state index is 12.5. The molecule has 0 saturated carbocycles. The Labute approximate surface area is 119 Å². The first kappa shape index (κ1) is 14.7. The van der Waals surface area contributed by atoms with Crippen LogP contribution in [0.2, 0.25) is 0 Å². The van der Waals surface area contributed by atoms with Gasteiger partial charge in [-0.05, 0) is 50.6 Å². The van der Waals surface area contributed by atoms with Crippen molar-refractivity contribution < 1.29 is 14.6 Å². The Balaban J connectivity index is 2.16. The minimum atomic E-state index is -0.159. The summed E-state index contributed by atoms with van der Waals surface area (Å²) in [5, 5.41) is 13.2. The number of rotatable bonds is 3. The molecule has 5 nitrogen and oxygen atoms in total. The predicted octanol–water partition coefficient (Wildman–Crippen LogP) is 1.61. The number of hydrogen-bond acceptors (Lipinski definition) is 4. The van der Waals surface area contributed by atoms with Gasteiger partial charge in [-0.2, -0.15) is 0 Å². The van der Waals surface area contributed by atoms with Gasteiger partial charge in [0, 0.05) is 13.1 Å². The molecule has 20 heavy (non-hydrogen) atoms. The van der Waals surface area contributed by atoms with Gasteiger partial charge >= 0.3 is 0 Å². The summed E-state index contributed by atoms with van der Waals surface area (Å²) in [5.41, 5.74) is 0.295. The highest BCUT2D eigenvalue weighted by atomic mass is 16.5. The second-order valence-corrected chi connectivity index (χ2v) is 5.13. The van der Waals surface area contributed by atoms with Crippen molar-refractivity contribution >= 4 is 5.91 Å². The monoisotopic (exact) mass is 278 g/mol. The van der Waals surface area contributed by atoms with Crippen LogP contribution in [0.4, 0.5) is 0 Å². The fourth-order valence-corrected chi connectivity index (χ4v) is 2.56. The van der Waals surface area contributed by atoms with Crippen molar-refractivity contribution in [3.05, 3.63) is 23.8 Å². The number of phenolic OH excluding ortho intramolecular Hbond substituents is 1. The quantitative estimate of drug-likeness (QED) is 0.882. The van der Waals surface area contributed by atoms with Gasteiger partial charge in [-0.3, -0.25) is 4.79 Å². The lowest BCUT2D eigenvalue weighted by Gasteiger charge is -2.27. The minimum Gasteiger partial charge on any atom is -0.507 e. The maximum absolute atomic E-state index is 12.5. The Kier molecular flexibility index (Phi) is 4.84. The summed E-state index contributed by atoms with van der Waals surface area (Å²) in [4.78, 5) is 14.3. The van der Waals surface area contributed by atoms with E-state index in [0.717, 1.165) is 32.4 Å². The van der Waals surface area contributed by atoms with Crippen molar-refractivity contribution in [2.75, 3.05) is 27.2 Å². The topological polar surface area (TPSA) is 61.8 Å². The second-order valence-electron chi connectivity index (χ2n) is 5.13. The predicted molar refractivity (Wildman–Crippen MR) is 77.3 cm³/mol. The van der Waals surface area contributed by atoms with Gasteiger partial charge in [0.25, 0.3) is 5.91 Å². The lowest BCUT2D eigenvalue weighted by molar-refractivity contribution is 0.0717. The normalized spacial score (nSPS) is 19.2. The zero-order valence-corrected chi connectivity index (χ0v) is 12.1. The minimum absolute atomic E-state index is 0.00519. The second kappa shape index (κ2) is 6.61. The van der Waals surface area contributed by atoms with E-state index >= 15 is 0 Å². The molecule has 0 aliphatic carbocycles. The van der Waals surface area contributed by atoms with Crippen molar-refractivity contribution in [3.63, 3.8) is 0 Å². The number of benzene rings is 1. The van der Waals surface area contributed by atoms with E-state index in [2.05, 4.69) is 5.32 Å². The first-order valence-electron chi connectivity index (χ1n) is 6.98. The lowest BCUT2D eigenvalue weighted by Crippen LogP contribution is -2.37. The Morgan fingerprint density at radius 3 is 2.95 bits per heavy atom. The van der Waals surface area contributed by atoms with E-state index in [0.29, 0.717) is 11.3 Å². The van der Waals surface area contributed by atoms with Crippen LogP contribution in [0, 0.1) is 0 Å². The van der Waals surface area contributed by atoms with Crippen LogP contribution in [0.5, 0.6) is 11.5 Å². The Morgan fingerprint density at radius 2 is 2.20 bits per heavy atom. The van der Waals surface area contributed by atoms with E-state index in [1.165, 1.54) is 6.07 Å². The van der Waals surface area contributed by atoms with Gasteiger partial charge in [0.1, 0.15) is 11.5 Å². The van der Waals surface area contributed by atoms with E-state index in [1.807, 2.05) is 0 Å². The zero-order valence-electron chi connectivity index (χ0n) is 12.1. The third-order valence-corrected chi connectivity index (χ3v) is 3.85. The number of aromatic hydroxyl groups is 1. The molecule has 1 aliphatic rings. The highest BCUT2D eigenvalue weighted by Crippen LogP contribution is 2.25. The molecule has 1 unspecified atom stereocenters. The number of amides is 1. The van der Waals surface area contributed by atoms with Crippen LogP contribution in [-0.4, -0.2) is 49.2 Å². The smallest absolute Gasteiger partial charge is 0.257 e. The molecule has 1 amide bonds. The highest BCUT2D eigenvalue weighted by molar-refractivity contribution is 5.97. The van der Waals surface area contributed by atoms with Crippen molar-refractivity contribution in [1.82, 2.24) is 10.2 Å². The molecular formula is C15H22N2O3. The van der Waals surface area contributed by atoms with Gasteiger partial charge in [-0.15, -0.1) is 0 Å². The third-order valence-electron chi connectivity index (χ3n) is 3.85. The summed E-state index contributed by atoms with van der Waals surface area (Å²) in [5.74, 6) is 0.407. The standard InChI is InChI=1S/C15H22N2O3/c1-17(11-4-3-8-16-9-7-11)15(19)13-10-12(20-2)5-6-14(13)18/h5-6,10-11,16,18H,3-4,7-9H2,1-2H3. The summed E-state index contributed by atoms with van der Waals surface area (Å²) in [7, 11) is 3.35. The van der Waals surface area contributed by atoms with Gasteiger partial charge in [-0.1, -0.05) is 0 Å². The molecule has 1 aromatic rings. The molecule has 110 valence electrons. The van der Waals surface area contributed by atoms with Crippen molar-refractivity contribution in [1.29, 1.82) is 0 Å². The van der Waals surface area contributed by atoms with Crippen LogP contribution in [0.15, 0.2) is 18.2 Å². The number of hydrogen-bond donors (Lipinski definition) is 2. The number of carbonyl (C=O) groups excluding carboxylic acids is 1. The largest absolute Gasteiger partial charge is 0.507 e. The van der Waals surface area contributed by atoms with Crippen LogP contribution >= 0.6 is 0 Å². The molecule has 0 aromatic heterocycles. The number of carbonyl (C=O) groups is 1. The zero-order chi connectivity index (χ0) is 14.5. The molecule has 0 spiro atoms. The van der Waals surface area contributed by atoms with Gasteiger partial charge in [-0.25, -0.2) is 0 Å². The summed E-state index contributed by atoms with van der Waals surface area (Å²) < 4.78 is 5.11. The summed E-state index contributed by atoms with van der Waals surface area (Å²) in [6.45, 7) is 1.93. The maximum Gasteiger partial charge on any atom is 0.257 e. The Bertz CT molecular complexity index is 468. The van der Waals surface area contributed by atoms with Gasteiger partial charge in [0.2, 0.25) is 0 Å². The number of methoxy groups -OCH3 is 1. The summed E-state index contributed by atoms with van der Waals surface area (Å²) >= 11 is 0. The molecule has 1 heterocycles. The fourth-order valence-electron chi connectivity index (χ4n) is 2.56. The van der Waals surface area contributed by atoms with Gasteiger partial charge < -0.3 is 20.1 Å². The molecule has 1 aliphatic heterocycles. The average molecular weight is 278 g/mol. The van der Waals surface area contributed by atoms with Crippen molar-refractivity contribution in [2.24, 2.45) is 0 Å². The molecule has 1 atom stereocenters. The van der Waals surface area contributed by atoms with E-state index in [4.69, 9.17) is 4.74 Å². The fraction of sp³-hybridized carbons (Fsp3) is 0.533. The molecule has 5 heteroatoms. The molecule has 0 bridgehead atoms. The van der Waals surface area contributed by atoms with Gasteiger partial charge in [0.05, 0.1) is 12.7 Å². The number of ether oxygens (including phenoxy) is 1. The number of nitrogens with zero attached hydrogens (tertiary/aromatic N) is 1. The van der Waals surface area contributed by atoms with Crippen molar-refractivity contribution in [3.8, 4) is 11.5 Å². The van der Waals surface area contributed by atoms with E-state index in [9.17, 15) is 9.90 Å². The first-order valence-corrected chi connectivity index (χ1v) is 6.98. The van der Waals surface area contributed by atoms with Gasteiger partial charge in [0.15, 0.2) is 0 Å². The van der Waals surface area contributed by atoms with Crippen LogP contribution in [0.1, 0.15) is 29.6 Å². The van der Waals surface area contributed by atoms with Crippen LogP contribution < -0.4 is 10.1 Å². The number of nitrogens with one attached hydrogen (secondary N) is 1. The Morgan fingerprint density at radius 1 is 1.40 bits per heavy atom. The van der Waals surface area contributed by atoms with E-state index in [1.54, 1.807) is 31.2 Å². The first-order chi connectivity index (χ1) is 9.63. The van der Waals surface area contributed by atoms with Crippen LogP contribution in [0.3, 0.4) is 0 Å². The van der Waals surface area contributed by atoms with Crippen LogP contribution in [-0.2, 0) is 0 Å². The van der Waals surface area contributed by atoms with Crippen LogP contribution in [0.25, 0.3) is 0 Å². The molecule has 1 saturated heterocycles.